The van der Waals surface area contributed by atoms with E-state index in [-0.39, 0.29) is 12.0 Å². The van der Waals surface area contributed by atoms with Crippen molar-refractivity contribution < 1.29 is 4.79 Å². The molecule has 0 aromatic heterocycles. The highest BCUT2D eigenvalue weighted by molar-refractivity contribution is 5.79. The molecule has 1 saturated carbocycles. The van der Waals surface area contributed by atoms with Crippen LogP contribution in [0.3, 0.4) is 0 Å². The lowest BCUT2D eigenvalue weighted by Gasteiger charge is -2.36. The molecule has 1 amide bonds. The average Bonchev–Trinajstić information content (AvgIpc) is 3.00. The molecule has 4 heteroatoms. The van der Waals surface area contributed by atoms with Crippen LogP contribution in [0.5, 0.6) is 0 Å². The fraction of sp³-hybridized carbons (Fsp3) is 0.941. The third kappa shape index (κ3) is 3.26. The molecule has 2 aliphatic heterocycles. The maximum Gasteiger partial charge on any atom is 0.226 e. The molecule has 2 saturated heterocycles. The van der Waals surface area contributed by atoms with Crippen LogP contribution in [0, 0.1) is 11.8 Å². The first-order valence-electron chi connectivity index (χ1n) is 8.95. The molecule has 4 nitrogen and oxygen atoms in total. The van der Waals surface area contributed by atoms with Crippen LogP contribution in [0.2, 0.25) is 0 Å². The standard InChI is InChI=1S/C17H31N3O/c1-13-15(6-5-7-16(13)18)17(21)20-11-8-14(12-20)19-9-3-2-4-10-19/h13-16H,2-12,18H2,1H3. The van der Waals surface area contributed by atoms with E-state index in [1.807, 2.05) is 0 Å². The lowest BCUT2D eigenvalue weighted by atomic mass is 9.76. The van der Waals surface area contributed by atoms with Crippen LogP contribution in [0.4, 0.5) is 0 Å². The predicted octanol–water partition coefficient (Wildman–Crippen LogP) is 1.84. The summed E-state index contributed by atoms with van der Waals surface area (Å²) in [5.74, 6) is 0.909. The van der Waals surface area contributed by atoms with Crippen molar-refractivity contribution in [2.45, 2.75) is 64.0 Å². The Morgan fingerprint density at radius 3 is 2.52 bits per heavy atom. The molecule has 0 bridgehead atoms. The van der Waals surface area contributed by atoms with Crippen LogP contribution < -0.4 is 5.73 Å². The highest BCUT2D eigenvalue weighted by Gasteiger charge is 2.38. The quantitative estimate of drug-likeness (QED) is 0.845. The monoisotopic (exact) mass is 293 g/mol. The van der Waals surface area contributed by atoms with Gasteiger partial charge >= 0.3 is 0 Å². The molecule has 2 N–H and O–H groups in total. The summed E-state index contributed by atoms with van der Waals surface area (Å²) in [5, 5.41) is 0. The van der Waals surface area contributed by atoms with Gasteiger partial charge in [0, 0.05) is 31.1 Å². The van der Waals surface area contributed by atoms with Crippen molar-refractivity contribution in [3.8, 4) is 0 Å². The number of nitrogens with two attached hydrogens (primary N) is 1. The first-order valence-corrected chi connectivity index (χ1v) is 8.95. The smallest absolute Gasteiger partial charge is 0.226 e. The number of nitrogens with zero attached hydrogens (tertiary/aromatic N) is 2. The van der Waals surface area contributed by atoms with Crippen LogP contribution >= 0.6 is 0 Å². The Bertz CT molecular complexity index is 367. The lowest BCUT2D eigenvalue weighted by Crippen LogP contribution is -2.46. The first kappa shape index (κ1) is 15.3. The number of hydrogen-bond donors (Lipinski definition) is 1. The van der Waals surface area contributed by atoms with Crippen LogP contribution in [0.25, 0.3) is 0 Å². The van der Waals surface area contributed by atoms with Crippen LogP contribution in [0.15, 0.2) is 0 Å². The van der Waals surface area contributed by atoms with E-state index < -0.39 is 0 Å². The predicted molar refractivity (Wildman–Crippen MR) is 84.9 cm³/mol. The Balaban J connectivity index is 1.56. The van der Waals surface area contributed by atoms with Crippen molar-refractivity contribution in [1.29, 1.82) is 0 Å². The zero-order valence-corrected chi connectivity index (χ0v) is 13.5. The van der Waals surface area contributed by atoms with Gasteiger partial charge in [0.1, 0.15) is 0 Å². The van der Waals surface area contributed by atoms with Crippen molar-refractivity contribution in [2.75, 3.05) is 26.2 Å². The summed E-state index contributed by atoms with van der Waals surface area (Å²) in [7, 11) is 0. The number of piperidine rings is 1. The zero-order chi connectivity index (χ0) is 14.8. The number of hydrogen-bond acceptors (Lipinski definition) is 3. The molecule has 0 spiro atoms. The molecule has 0 aromatic carbocycles. The second-order valence-electron chi connectivity index (χ2n) is 7.38. The molecule has 0 radical (unpaired) electrons. The van der Waals surface area contributed by atoms with E-state index in [1.165, 1.54) is 38.8 Å². The minimum atomic E-state index is 0.175. The van der Waals surface area contributed by atoms with Crippen molar-refractivity contribution in [3.63, 3.8) is 0 Å². The van der Waals surface area contributed by atoms with Crippen LogP contribution in [0.1, 0.15) is 51.9 Å². The van der Waals surface area contributed by atoms with Gasteiger partial charge in [0.05, 0.1) is 0 Å². The molecular weight excluding hydrogens is 262 g/mol. The van der Waals surface area contributed by atoms with Gasteiger partial charge in [-0.25, -0.2) is 0 Å². The number of rotatable bonds is 2. The summed E-state index contributed by atoms with van der Waals surface area (Å²) in [6.07, 6.45) is 8.45. The third-order valence-electron chi connectivity index (χ3n) is 6.06. The van der Waals surface area contributed by atoms with Crippen molar-refractivity contribution >= 4 is 5.91 Å². The van der Waals surface area contributed by atoms with Gasteiger partial charge in [-0.3, -0.25) is 9.69 Å². The molecule has 0 aromatic rings. The normalized spacial score (nSPS) is 38.7. The second-order valence-corrected chi connectivity index (χ2v) is 7.38. The van der Waals surface area contributed by atoms with Crippen molar-refractivity contribution in [1.82, 2.24) is 9.80 Å². The summed E-state index contributed by atoms with van der Waals surface area (Å²) in [4.78, 5) is 17.6. The molecule has 4 atom stereocenters. The van der Waals surface area contributed by atoms with Crippen LogP contribution in [-0.2, 0) is 4.79 Å². The van der Waals surface area contributed by atoms with Gasteiger partial charge in [-0.05, 0) is 51.1 Å². The molecule has 3 aliphatic rings. The van der Waals surface area contributed by atoms with Crippen molar-refractivity contribution in [2.24, 2.45) is 17.6 Å². The average molecular weight is 293 g/mol. The molecule has 21 heavy (non-hydrogen) atoms. The van der Waals surface area contributed by atoms with Gasteiger partial charge in [-0.15, -0.1) is 0 Å². The van der Waals surface area contributed by atoms with Gasteiger partial charge in [0.15, 0.2) is 0 Å². The maximum absolute atomic E-state index is 12.8. The molecule has 120 valence electrons. The highest BCUT2D eigenvalue weighted by Crippen LogP contribution is 2.32. The van der Waals surface area contributed by atoms with Gasteiger partial charge in [-0.2, -0.15) is 0 Å². The molecule has 3 fully saturated rings. The number of likely N-dealkylation sites (tertiary alicyclic amines) is 2. The summed E-state index contributed by atoms with van der Waals surface area (Å²) in [5.41, 5.74) is 6.17. The fourth-order valence-electron chi connectivity index (χ4n) is 4.50. The van der Waals surface area contributed by atoms with E-state index in [2.05, 4.69) is 16.7 Å². The second kappa shape index (κ2) is 6.66. The van der Waals surface area contributed by atoms with Gasteiger partial charge in [0.25, 0.3) is 0 Å². The van der Waals surface area contributed by atoms with E-state index in [0.29, 0.717) is 17.9 Å². The van der Waals surface area contributed by atoms with E-state index in [9.17, 15) is 4.79 Å². The Kier molecular flexibility index (Phi) is 4.85. The van der Waals surface area contributed by atoms with E-state index in [1.54, 1.807) is 0 Å². The maximum atomic E-state index is 12.8. The SMILES string of the molecule is CC1C(N)CCCC1C(=O)N1CCC(N2CCCCC2)C1. The van der Waals surface area contributed by atoms with Crippen molar-refractivity contribution in [3.05, 3.63) is 0 Å². The fourth-order valence-corrected chi connectivity index (χ4v) is 4.50. The van der Waals surface area contributed by atoms with Gasteiger partial charge in [0.2, 0.25) is 5.91 Å². The van der Waals surface area contributed by atoms with E-state index in [0.717, 1.165) is 32.4 Å². The van der Waals surface area contributed by atoms with Gasteiger partial charge < -0.3 is 10.6 Å². The van der Waals surface area contributed by atoms with Crippen LogP contribution in [-0.4, -0.2) is 54.0 Å². The lowest BCUT2D eigenvalue weighted by molar-refractivity contribution is -0.137. The summed E-state index contributed by atoms with van der Waals surface area (Å²) in [6, 6.07) is 0.829. The summed E-state index contributed by atoms with van der Waals surface area (Å²) < 4.78 is 0. The van der Waals surface area contributed by atoms with E-state index in [4.69, 9.17) is 5.73 Å². The Labute approximate surface area is 129 Å². The highest BCUT2D eigenvalue weighted by atomic mass is 16.2. The Morgan fingerprint density at radius 2 is 1.76 bits per heavy atom. The van der Waals surface area contributed by atoms with Gasteiger partial charge in [-0.1, -0.05) is 19.8 Å². The number of carbonyl (C=O) groups excluding carboxylic acids is 1. The minimum absolute atomic E-state index is 0.175. The molecular formula is C17H31N3O. The summed E-state index contributed by atoms with van der Waals surface area (Å²) >= 11 is 0. The third-order valence-corrected chi connectivity index (χ3v) is 6.06. The Morgan fingerprint density at radius 1 is 1.00 bits per heavy atom. The topological polar surface area (TPSA) is 49.6 Å². The Hall–Kier alpha value is -0.610. The number of carbonyl (C=O) groups is 1. The zero-order valence-electron chi connectivity index (χ0n) is 13.5. The number of amides is 1. The molecule has 4 unspecified atom stereocenters. The van der Waals surface area contributed by atoms with E-state index >= 15 is 0 Å². The minimum Gasteiger partial charge on any atom is -0.341 e. The first-order chi connectivity index (χ1) is 10.2. The summed E-state index contributed by atoms with van der Waals surface area (Å²) in [6.45, 7) is 6.55. The molecule has 1 aliphatic carbocycles. The molecule has 3 rings (SSSR count). The molecule has 2 heterocycles. The largest absolute Gasteiger partial charge is 0.341 e.